The van der Waals surface area contributed by atoms with Gasteiger partial charge in [-0.15, -0.1) is 11.3 Å². The van der Waals surface area contributed by atoms with Gasteiger partial charge >= 0.3 is 6.18 Å². The van der Waals surface area contributed by atoms with Gasteiger partial charge in [-0.25, -0.2) is 4.98 Å². The molecule has 2 rings (SSSR count). The summed E-state index contributed by atoms with van der Waals surface area (Å²) in [6.07, 6.45) is -2.75. The average Bonchev–Trinajstić information content (AvgIpc) is 2.80. The van der Waals surface area contributed by atoms with Crippen LogP contribution in [0, 0.1) is 0 Å². The fourth-order valence-corrected chi connectivity index (χ4v) is 2.63. The third kappa shape index (κ3) is 3.48. The normalized spacial score (nSPS) is 13.3. The molecule has 0 saturated heterocycles. The summed E-state index contributed by atoms with van der Waals surface area (Å²) < 4.78 is 39.3. The van der Waals surface area contributed by atoms with Crippen LogP contribution >= 0.6 is 27.3 Å². The van der Waals surface area contributed by atoms with Gasteiger partial charge < -0.3 is 5.32 Å². The zero-order chi connectivity index (χ0) is 14.0. The van der Waals surface area contributed by atoms with Crippen LogP contribution in [0.3, 0.4) is 0 Å². The fraction of sp³-hybridized carbons (Fsp3) is 0.250. The highest BCUT2D eigenvalue weighted by molar-refractivity contribution is 9.10. The first-order chi connectivity index (χ1) is 8.88. The number of thiazole rings is 1. The van der Waals surface area contributed by atoms with Crippen molar-refractivity contribution in [2.45, 2.75) is 19.1 Å². The van der Waals surface area contributed by atoms with E-state index in [1.54, 1.807) is 18.5 Å². The van der Waals surface area contributed by atoms with E-state index in [9.17, 15) is 13.2 Å². The third-order valence-electron chi connectivity index (χ3n) is 2.48. The predicted molar refractivity (Wildman–Crippen MR) is 73.3 cm³/mol. The molecule has 0 radical (unpaired) electrons. The van der Waals surface area contributed by atoms with Crippen LogP contribution in [0.4, 0.5) is 18.9 Å². The van der Waals surface area contributed by atoms with Crippen LogP contribution in [-0.2, 0) is 6.18 Å². The molecule has 1 N–H and O–H groups in total. The smallest absolute Gasteiger partial charge is 0.376 e. The SMILES string of the molecule is CC(Nc1cc(Br)ccc1C(F)(F)F)c1nccs1. The molecule has 102 valence electrons. The lowest BCUT2D eigenvalue weighted by Crippen LogP contribution is -2.13. The highest BCUT2D eigenvalue weighted by Gasteiger charge is 2.33. The summed E-state index contributed by atoms with van der Waals surface area (Å²) in [6.45, 7) is 1.78. The van der Waals surface area contributed by atoms with E-state index in [2.05, 4.69) is 26.2 Å². The molecule has 1 aromatic heterocycles. The van der Waals surface area contributed by atoms with Gasteiger partial charge in [0.05, 0.1) is 11.6 Å². The van der Waals surface area contributed by atoms with Gasteiger partial charge in [0.2, 0.25) is 0 Å². The highest BCUT2D eigenvalue weighted by Crippen LogP contribution is 2.37. The Morgan fingerprint density at radius 3 is 2.68 bits per heavy atom. The van der Waals surface area contributed by atoms with Crippen molar-refractivity contribution in [1.29, 1.82) is 0 Å². The Morgan fingerprint density at radius 2 is 2.11 bits per heavy atom. The van der Waals surface area contributed by atoms with Crippen LogP contribution in [0.25, 0.3) is 0 Å². The second kappa shape index (κ2) is 5.50. The Balaban J connectivity index is 2.31. The molecule has 7 heteroatoms. The molecule has 0 aliphatic heterocycles. The second-order valence-electron chi connectivity index (χ2n) is 3.92. The van der Waals surface area contributed by atoms with Crippen LogP contribution < -0.4 is 5.32 Å². The molecule has 19 heavy (non-hydrogen) atoms. The van der Waals surface area contributed by atoms with Crippen molar-refractivity contribution in [1.82, 2.24) is 4.98 Å². The van der Waals surface area contributed by atoms with E-state index in [4.69, 9.17) is 0 Å². The van der Waals surface area contributed by atoms with Crippen LogP contribution in [0.5, 0.6) is 0 Å². The molecule has 1 atom stereocenters. The number of hydrogen-bond donors (Lipinski definition) is 1. The Kier molecular flexibility index (Phi) is 4.15. The van der Waals surface area contributed by atoms with Crippen molar-refractivity contribution >= 4 is 33.0 Å². The molecule has 1 unspecified atom stereocenters. The van der Waals surface area contributed by atoms with Gasteiger partial charge in [0.25, 0.3) is 0 Å². The molecule has 1 heterocycles. The molecular formula is C12H10BrF3N2S. The fourth-order valence-electron chi connectivity index (χ4n) is 1.63. The number of hydrogen-bond acceptors (Lipinski definition) is 3. The van der Waals surface area contributed by atoms with Crippen LogP contribution in [0.15, 0.2) is 34.2 Å². The van der Waals surface area contributed by atoms with Gasteiger partial charge in [-0.2, -0.15) is 13.2 Å². The Morgan fingerprint density at radius 1 is 1.37 bits per heavy atom. The number of rotatable bonds is 3. The maximum Gasteiger partial charge on any atom is 0.418 e. The number of aromatic nitrogens is 1. The summed E-state index contributed by atoms with van der Waals surface area (Å²) in [5.74, 6) is 0. The summed E-state index contributed by atoms with van der Waals surface area (Å²) in [5.41, 5.74) is -0.635. The number of nitrogens with one attached hydrogen (secondary N) is 1. The Bertz CT molecular complexity index is 555. The molecule has 0 saturated carbocycles. The lowest BCUT2D eigenvalue weighted by molar-refractivity contribution is -0.137. The molecule has 0 spiro atoms. The van der Waals surface area contributed by atoms with Gasteiger partial charge in [0, 0.05) is 21.7 Å². The van der Waals surface area contributed by atoms with E-state index >= 15 is 0 Å². The van der Waals surface area contributed by atoms with Gasteiger partial charge in [-0.05, 0) is 25.1 Å². The Labute approximate surface area is 120 Å². The number of anilines is 1. The number of halogens is 4. The zero-order valence-corrected chi connectivity index (χ0v) is 12.2. The summed E-state index contributed by atoms with van der Waals surface area (Å²) in [7, 11) is 0. The second-order valence-corrected chi connectivity index (χ2v) is 5.77. The monoisotopic (exact) mass is 350 g/mol. The van der Waals surface area contributed by atoms with Crippen molar-refractivity contribution in [3.63, 3.8) is 0 Å². The maximum atomic E-state index is 12.9. The van der Waals surface area contributed by atoms with Crippen LogP contribution in [0.1, 0.15) is 23.5 Å². The van der Waals surface area contributed by atoms with Crippen LogP contribution in [0.2, 0.25) is 0 Å². The van der Waals surface area contributed by atoms with Crippen molar-refractivity contribution in [3.8, 4) is 0 Å². The summed E-state index contributed by atoms with van der Waals surface area (Å²) >= 11 is 4.58. The minimum atomic E-state index is -4.38. The molecule has 0 amide bonds. The standard InChI is InChI=1S/C12H10BrF3N2S/c1-7(11-17-4-5-19-11)18-10-6-8(13)2-3-9(10)12(14,15)16/h2-7,18H,1H3. The maximum absolute atomic E-state index is 12.9. The van der Waals surface area contributed by atoms with Crippen molar-refractivity contribution in [2.24, 2.45) is 0 Å². The summed E-state index contributed by atoms with van der Waals surface area (Å²) in [5, 5.41) is 5.39. The number of benzene rings is 1. The largest absolute Gasteiger partial charge is 0.418 e. The van der Waals surface area contributed by atoms with E-state index in [1.165, 1.54) is 23.5 Å². The first-order valence-electron chi connectivity index (χ1n) is 5.40. The van der Waals surface area contributed by atoms with E-state index < -0.39 is 11.7 Å². The molecular weight excluding hydrogens is 341 g/mol. The van der Waals surface area contributed by atoms with Crippen LogP contribution in [-0.4, -0.2) is 4.98 Å². The highest BCUT2D eigenvalue weighted by atomic mass is 79.9. The summed E-state index contributed by atoms with van der Waals surface area (Å²) in [6, 6.07) is 3.58. The predicted octanol–water partition coefficient (Wildman–Crippen LogP) is 5.10. The topological polar surface area (TPSA) is 24.9 Å². The van der Waals surface area contributed by atoms with Crippen molar-refractivity contribution in [2.75, 3.05) is 5.32 Å². The quantitative estimate of drug-likeness (QED) is 0.833. The molecule has 0 fully saturated rings. The molecule has 0 aliphatic rings. The van der Waals surface area contributed by atoms with E-state index in [1.807, 2.05) is 0 Å². The van der Waals surface area contributed by atoms with E-state index in [0.717, 1.165) is 11.1 Å². The number of alkyl halides is 3. The minimum absolute atomic E-state index is 0.0459. The number of nitrogens with zero attached hydrogens (tertiary/aromatic N) is 1. The van der Waals surface area contributed by atoms with Gasteiger partial charge in [-0.1, -0.05) is 15.9 Å². The first kappa shape index (κ1) is 14.3. The molecule has 0 bridgehead atoms. The minimum Gasteiger partial charge on any atom is -0.376 e. The molecule has 2 nitrogen and oxygen atoms in total. The third-order valence-corrected chi connectivity index (χ3v) is 3.93. The molecule has 0 aliphatic carbocycles. The van der Waals surface area contributed by atoms with Gasteiger partial charge in [0.1, 0.15) is 5.01 Å². The molecule has 1 aromatic carbocycles. The summed E-state index contributed by atoms with van der Waals surface area (Å²) in [4.78, 5) is 4.09. The van der Waals surface area contributed by atoms with Crippen molar-refractivity contribution in [3.05, 3.63) is 44.8 Å². The van der Waals surface area contributed by atoms with E-state index in [0.29, 0.717) is 4.47 Å². The first-order valence-corrected chi connectivity index (χ1v) is 7.08. The zero-order valence-electron chi connectivity index (χ0n) is 9.83. The average molecular weight is 351 g/mol. The van der Waals surface area contributed by atoms with Gasteiger partial charge in [0.15, 0.2) is 0 Å². The van der Waals surface area contributed by atoms with E-state index in [-0.39, 0.29) is 11.7 Å². The van der Waals surface area contributed by atoms with Gasteiger partial charge in [-0.3, -0.25) is 0 Å². The lowest BCUT2D eigenvalue weighted by Gasteiger charge is -2.18. The van der Waals surface area contributed by atoms with Crippen molar-refractivity contribution < 1.29 is 13.2 Å². The molecule has 2 aromatic rings. The Hall–Kier alpha value is -1.08. The lowest BCUT2D eigenvalue weighted by atomic mass is 10.1.